The van der Waals surface area contributed by atoms with Gasteiger partial charge in [0.15, 0.2) is 5.65 Å². The Balaban J connectivity index is 1.09. The second kappa shape index (κ2) is 11.9. The van der Waals surface area contributed by atoms with Gasteiger partial charge < -0.3 is 10.5 Å². The molecule has 228 valence electrons. The molecule has 0 spiro atoms. The second-order valence-electron chi connectivity index (χ2n) is 11.1. The van der Waals surface area contributed by atoms with Gasteiger partial charge in [-0.2, -0.15) is 9.49 Å². The molecule has 5 heterocycles. The Morgan fingerprint density at radius 2 is 1.69 bits per heavy atom. The number of nitrogen functional groups attached to an aromatic ring is 1. The fourth-order valence-corrected chi connectivity index (χ4v) is 5.90. The molecule has 0 radical (unpaired) electrons. The molecular weight excluding hydrogens is 577 g/mol. The highest BCUT2D eigenvalue weighted by atomic mass is 19.1. The molecule has 3 amide bonds. The van der Waals surface area contributed by atoms with Crippen LogP contribution >= 0.6 is 0 Å². The molecule has 2 aromatic carbocycles. The zero-order chi connectivity index (χ0) is 30.9. The number of benzene rings is 2. The average Bonchev–Trinajstić information content (AvgIpc) is 3.44. The van der Waals surface area contributed by atoms with E-state index in [1.54, 1.807) is 6.07 Å². The van der Waals surface area contributed by atoms with Crippen LogP contribution in [0.25, 0.3) is 22.3 Å². The number of nitrogens with one attached hydrogen (secondary N) is 1. The van der Waals surface area contributed by atoms with Crippen LogP contribution in [0.1, 0.15) is 30.9 Å². The maximum Gasteiger partial charge on any atom is 0.329 e. The van der Waals surface area contributed by atoms with E-state index in [0.717, 1.165) is 37.2 Å². The number of fused-ring (bicyclic) bond motifs is 1. The minimum Gasteiger partial charge on any atom is -0.457 e. The van der Waals surface area contributed by atoms with Crippen LogP contribution in [0.4, 0.5) is 20.8 Å². The summed E-state index contributed by atoms with van der Waals surface area (Å²) in [5, 5.41) is 8.00. The Hall–Kier alpha value is -5.43. The van der Waals surface area contributed by atoms with Gasteiger partial charge >= 0.3 is 6.03 Å². The molecule has 7 rings (SSSR count). The van der Waals surface area contributed by atoms with E-state index in [1.165, 1.54) is 17.3 Å². The summed E-state index contributed by atoms with van der Waals surface area (Å²) in [5.41, 5.74) is 9.33. The lowest BCUT2D eigenvalue weighted by molar-refractivity contribution is -0.120. The number of imide groups is 1. The lowest BCUT2D eigenvalue weighted by Gasteiger charge is -2.33. The van der Waals surface area contributed by atoms with Gasteiger partial charge in [0.05, 0.1) is 11.4 Å². The Morgan fingerprint density at radius 3 is 2.44 bits per heavy atom. The van der Waals surface area contributed by atoms with Crippen molar-refractivity contribution in [1.29, 1.82) is 0 Å². The lowest BCUT2D eigenvalue weighted by atomic mass is 10.0. The molecule has 12 nitrogen and oxygen atoms in total. The van der Waals surface area contributed by atoms with Crippen molar-refractivity contribution in [1.82, 2.24) is 34.9 Å². The monoisotopic (exact) mass is 607 g/mol. The summed E-state index contributed by atoms with van der Waals surface area (Å²) < 4.78 is 22.0. The van der Waals surface area contributed by atoms with Gasteiger partial charge in [-0.3, -0.25) is 19.9 Å². The van der Waals surface area contributed by atoms with Gasteiger partial charge in [-0.05, 0) is 61.4 Å². The molecule has 45 heavy (non-hydrogen) atoms. The van der Waals surface area contributed by atoms with Crippen molar-refractivity contribution in [2.75, 3.05) is 30.3 Å². The van der Waals surface area contributed by atoms with E-state index in [0.29, 0.717) is 40.4 Å². The average molecular weight is 608 g/mol. The number of hydrogen-bond donors (Lipinski definition) is 2. The largest absolute Gasteiger partial charge is 0.457 e. The van der Waals surface area contributed by atoms with E-state index in [9.17, 15) is 14.0 Å². The molecule has 3 aromatic heterocycles. The molecule has 2 aliphatic heterocycles. The second-order valence-corrected chi connectivity index (χ2v) is 11.1. The van der Waals surface area contributed by atoms with Crippen LogP contribution < -0.4 is 20.7 Å². The van der Waals surface area contributed by atoms with Crippen molar-refractivity contribution in [2.45, 2.75) is 31.8 Å². The molecule has 0 unspecified atom stereocenters. The summed E-state index contributed by atoms with van der Waals surface area (Å²) in [6.45, 7) is 2.09. The highest BCUT2D eigenvalue weighted by Crippen LogP contribution is 2.35. The number of carbonyl (C=O) groups is 2. The first-order valence-corrected chi connectivity index (χ1v) is 14.7. The van der Waals surface area contributed by atoms with E-state index < -0.39 is 12.0 Å². The van der Waals surface area contributed by atoms with Crippen molar-refractivity contribution >= 4 is 34.6 Å². The number of rotatable bonds is 7. The third-order valence-corrected chi connectivity index (χ3v) is 8.15. The molecule has 0 aliphatic carbocycles. The minimum absolute atomic E-state index is 0.0668. The number of nitrogens with two attached hydrogens (primary N) is 1. The Morgan fingerprint density at radius 1 is 0.933 bits per heavy atom. The van der Waals surface area contributed by atoms with E-state index in [-0.39, 0.29) is 30.7 Å². The van der Waals surface area contributed by atoms with Gasteiger partial charge in [0.2, 0.25) is 11.9 Å². The topological polar surface area (TPSA) is 144 Å². The Labute approximate surface area is 257 Å². The fraction of sp³-hybridized carbons (Fsp3) is 0.250. The highest BCUT2D eigenvalue weighted by Gasteiger charge is 2.30. The molecular formula is C32H30FN9O3. The van der Waals surface area contributed by atoms with Gasteiger partial charge in [-0.25, -0.2) is 24.4 Å². The maximum absolute atomic E-state index is 14.1. The number of para-hydroxylation sites is 1. The molecule has 0 saturated carbocycles. The number of hydrogen-bond acceptors (Lipinski definition) is 9. The van der Waals surface area contributed by atoms with Crippen molar-refractivity contribution in [3.05, 3.63) is 84.6 Å². The van der Waals surface area contributed by atoms with Gasteiger partial charge in [0, 0.05) is 43.7 Å². The van der Waals surface area contributed by atoms with E-state index in [2.05, 4.69) is 25.2 Å². The van der Waals surface area contributed by atoms with Crippen LogP contribution in [-0.4, -0.2) is 61.2 Å². The van der Waals surface area contributed by atoms with Crippen LogP contribution in [0.3, 0.4) is 0 Å². The first kappa shape index (κ1) is 28.3. The van der Waals surface area contributed by atoms with E-state index in [4.69, 9.17) is 15.6 Å². The molecule has 2 aliphatic rings. The Bertz CT molecular complexity index is 1870. The molecule has 2 saturated heterocycles. The number of halogens is 1. The molecule has 13 heteroatoms. The van der Waals surface area contributed by atoms with Gasteiger partial charge in [0.25, 0.3) is 0 Å². The predicted molar refractivity (Wildman–Crippen MR) is 165 cm³/mol. The van der Waals surface area contributed by atoms with Crippen molar-refractivity contribution in [3.8, 4) is 22.8 Å². The van der Waals surface area contributed by atoms with Crippen LogP contribution in [0, 0.1) is 5.95 Å². The summed E-state index contributed by atoms with van der Waals surface area (Å²) in [6.07, 6.45) is 3.16. The third kappa shape index (κ3) is 5.77. The van der Waals surface area contributed by atoms with Crippen LogP contribution in [-0.2, 0) is 11.3 Å². The number of carbonyl (C=O) groups excluding carboxylic acids is 2. The summed E-state index contributed by atoms with van der Waals surface area (Å²) in [5.74, 6) is 1.02. The van der Waals surface area contributed by atoms with E-state index >= 15 is 0 Å². The van der Waals surface area contributed by atoms with Crippen LogP contribution in [0.15, 0.2) is 73.1 Å². The summed E-state index contributed by atoms with van der Waals surface area (Å²) in [4.78, 5) is 40.5. The summed E-state index contributed by atoms with van der Waals surface area (Å²) in [7, 11) is 0. The maximum atomic E-state index is 14.1. The zero-order valence-corrected chi connectivity index (χ0v) is 24.3. The molecule has 3 N–H and O–H groups in total. The highest BCUT2D eigenvalue weighted by molar-refractivity contribution is 6.05. The van der Waals surface area contributed by atoms with Crippen LogP contribution in [0.2, 0.25) is 0 Å². The number of amides is 3. The number of anilines is 2. The number of aromatic nitrogens is 5. The van der Waals surface area contributed by atoms with E-state index in [1.807, 2.05) is 59.3 Å². The van der Waals surface area contributed by atoms with Gasteiger partial charge in [0.1, 0.15) is 35.2 Å². The van der Waals surface area contributed by atoms with Crippen molar-refractivity contribution < 1.29 is 18.7 Å². The lowest BCUT2D eigenvalue weighted by Crippen LogP contribution is -2.50. The normalized spacial score (nSPS) is 16.2. The molecule has 2 fully saturated rings. The number of ether oxygens (including phenoxy) is 1. The quantitative estimate of drug-likeness (QED) is 0.252. The summed E-state index contributed by atoms with van der Waals surface area (Å²) in [6, 6.07) is 19.7. The fourth-order valence-electron chi connectivity index (χ4n) is 5.90. The Kier molecular flexibility index (Phi) is 7.51. The minimum atomic E-state index is -0.682. The standard InChI is InChI=1S/C32H30FN9O3/c33-25-11-8-21(30(37-25)41-17-14-26(43)38-32(41)44)18-40-15-12-22(13-16-40)42-31-27(29(34)35-19-36-31)28(39-42)20-6-9-24(10-7-20)45-23-4-2-1-3-5-23/h1-11,19,22H,12-18H2,(H2,34,35,36)(H,38,43,44). The summed E-state index contributed by atoms with van der Waals surface area (Å²) >= 11 is 0. The smallest absolute Gasteiger partial charge is 0.329 e. The first-order chi connectivity index (χ1) is 21.9. The SMILES string of the molecule is Nc1ncnc2c1c(-c1ccc(Oc3ccccc3)cc1)nn2C1CCN(Cc2ccc(F)nc2N2CCC(=O)NC2=O)CC1. The van der Waals surface area contributed by atoms with Gasteiger partial charge in [-0.1, -0.05) is 18.2 Å². The number of nitrogens with zero attached hydrogens (tertiary/aromatic N) is 7. The first-order valence-electron chi connectivity index (χ1n) is 14.7. The molecule has 0 bridgehead atoms. The molecule has 0 atom stereocenters. The number of piperidine rings is 1. The zero-order valence-electron chi connectivity index (χ0n) is 24.3. The van der Waals surface area contributed by atoms with Crippen molar-refractivity contribution in [3.63, 3.8) is 0 Å². The third-order valence-electron chi connectivity index (χ3n) is 8.15. The number of likely N-dealkylation sites (tertiary alicyclic amines) is 1. The van der Waals surface area contributed by atoms with Gasteiger partial charge in [-0.15, -0.1) is 0 Å². The number of urea groups is 1. The van der Waals surface area contributed by atoms with Crippen molar-refractivity contribution in [2.24, 2.45) is 0 Å². The van der Waals surface area contributed by atoms with Crippen LogP contribution in [0.5, 0.6) is 11.5 Å². The number of pyridine rings is 1. The predicted octanol–water partition coefficient (Wildman–Crippen LogP) is 4.69. The molecule has 5 aromatic rings.